The van der Waals surface area contributed by atoms with Crippen molar-refractivity contribution in [3.05, 3.63) is 75.8 Å². The quantitative estimate of drug-likeness (QED) is 0.417. The summed E-state index contributed by atoms with van der Waals surface area (Å²) in [5.41, 5.74) is 0.125. The lowest BCUT2D eigenvalue weighted by Gasteiger charge is -1.98. The van der Waals surface area contributed by atoms with Crippen molar-refractivity contribution in [2.24, 2.45) is 0 Å². The Kier molecular flexibility index (Phi) is 2.98. The molecule has 0 amide bonds. The van der Waals surface area contributed by atoms with Crippen molar-refractivity contribution >= 4 is 22.4 Å². The monoisotopic (exact) mass is 285 g/mol. The molecule has 21 heavy (non-hydrogen) atoms. The Morgan fingerprint density at radius 3 is 2.62 bits per heavy atom. The van der Waals surface area contributed by atoms with E-state index < -0.39 is 16.5 Å². The topological polar surface area (TPSA) is 73.3 Å². The maximum atomic E-state index is 13.6. The van der Waals surface area contributed by atoms with E-state index in [1.165, 1.54) is 42.5 Å². The smallest absolute Gasteiger partial charge is 0.270 e. The zero-order valence-corrected chi connectivity index (χ0v) is 10.6. The van der Waals surface area contributed by atoms with E-state index in [9.17, 15) is 19.3 Å². The number of carbonyl (C=O) groups is 1. The van der Waals surface area contributed by atoms with Crippen LogP contribution >= 0.6 is 0 Å². The van der Waals surface area contributed by atoms with Crippen molar-refractivity contribution in [2.45, 2.75) is 0 Å². The van der Waals surface area contributed by atoms with E-state index >= 15 is 0 Å². The molecule has 0 radical (unpaired) electrons. The summed E-state index contributed by atoms with van der Waals surface area (Å²) >= 11 is 0. The van der Waals surface area contributed by atoms with Crippen LogP contribution in [0.4, 0.5) is 10.1 Å². The number of nitrogens with zero attached hydrogens (tertiary/aromatic N) is 1. The van der Waals surface area contributed by atoms with Crippen LogP contribution in [0.5, 0.6) is 0 Å². The minimum absolute atomic E-state index is 0.0596. The van der Waals surface area contributed by atoms with Crippen molar-refractivity contribution in [1.29, 1.82) is 0 Å². The van der Waals surface area contributed by atoms with Gasteiger partial charge < -0.3 is 4.42 Å². The van der Waals surface area contributed by atoms with Crippen LogP contribution in [0.2, 0.25) is 0 Å². The van der Waals surface area contributed by atoms with Crippen molar-refractivity contribution in [1.82, 2.24) is 0 Å². The summed E-state index contributed by atoms with van der Waals surface area (Å²) in [4.78, 5) is 22.4. The minimum atomic E-state index is -0.645. The number of fused-ring (bicyclic) bond motifs is 1. The van der Waals surface area contributed by atoms with Gasteiger partial charge in [-0.25, -0.2) is 4.39 Å². The highest BCUT2D eigenvalue weighted by atomic mass is 19.1. The number of nitro benzene ring substituents is 1. The van der Waals surface area contributed by atoms with Gasteiger partial charge in [-0.05, 0) is 24.3 Å². The lowest BCUT2D eigenvalue weighted by Crippen LogP contribution is -2.02. The fraction of sp³-hybridized carbons (Fsp3) is 0. The largest absolute Gasteiger partial charge is 0.453 e. The molecular weight excluding hydrogens is 277 g/mol. The van der Waals surface area contributed by atoms with Gasteiger partial charge in [-0.1, -0.05) is 12.1 Å². The molecule has 3 aromatic rings. The number of nitro groups is 1. The van der Waals surface area contributed by atoms with E-state index in [0.29, 0.717) is 11.0 Å². The SMILES string of the molecule is O=C(c1cc2cc([N+](=O)[O-])ccc2o1)c1ccccc1F. The predicted molar refractivity (Wildman–Crippen MR) is 72.7 cm³/mol. The first kappa shape index (κ1) is 13.0. The predicted octanol–water partition coefficient (Wildman–Crippen LogP) is 3.71. The van der Waals surface area contributed by atoms with Crippen LogP contribution in [-0.2, 0) is 0 Å². The summed E-state index contributed by atoms with van der Waals surface area (Å²) in [6.45, 7) is 0. The molecule has 0 aliphatic heterocycles. The first-order chi connectivity index (χ1) is 10.1. The second-order valence-corrected chi connectivity index (χ2v) is 4.40. The number of carbonyl (C=O) groups excluding carboxylic acids is 1. The van der Waals surface area contributed by atoms with Gasteiger partial charge in [-0.2, -0.15) is 0 Å². The molecule has 0 bridgehead atoms. The Hall–Kier alpha value is -3.02. The number of benzene rings is 2. The second kappa shape index (κ2) is 4.82. The van der Waals surface area contributed by atoms with Gasteiger partial charge in [-0.15, -0.1) is 0 Å². The molecule has 0 unspecified atom stereocenters. The van der Waals surface area contributed by atoms with Crippen LogP contribution in [0.3, 0.4) is 0 Å². The summed E-state index contributed by atoms with van der Waals surface area (Å²) in [6.07, 6.45) is 0. The van der Waals surface area contributed by atoms with Crippen molar-refractivity contribution < 1.29 is 18.5 Å². The fourth-order valence-electron chi connectivity index (χ4n) is 2.03. The Bertz CT molecular complexity index is 869. The molecule has 0 atom stereocenters. The van der Waals surface area contributed by atoms with Gasteiger partial charge in [0.25, 0.3) is 5.69 Å². The number of hydrogen-bond donors (Lipinski definition) is 0. The van der Waals surface area contributed by atoms with E-state index in [4.69, 9.17) is 4.42 Å². The molecule has 0 N–H and O–H groups in total. The zero-order chi connectivity index (χ0) is 15.0. The van der Waals surface area contributed by atoms with Gasteiger partial charge >= 0.3 is 0 Å². The van der Waals surface area contributed by atoms with Crippen LogP contribution in [0, 0.1) is 15.9 Å². The fourth-order valence-corrected chi connectivity index (χ4v) is 2.03. The summed E-state index contributed by atoms with van der Waals surface area (Å²) in [5.74, 6) is -1.31. The molecule has 3 rings (SSSR count). The molecule has 104 valence electrons. The Balaban J connectivity index is 2.07. The van der Waals surface area contributed by atoms with E-state index in [2.05, 4.69) is 0 Å². The lowest BCUT2D eigenvalue weighted by molar-refractivity contribution is -0.384. The van der Waals surface area contributed by atoms with Gasteiger partial charge in [0.2, 0.25) is 5.78 Å². The number of ketones is 1. The molecule has 1 heterocycles. The maximum absolute atomic E-state index is 13.6. The summed E-state index contributed by atoms with van der Waals surface area (Å²) < 4.78 is 18.9. The highest BCUT2D eigenvalue weighted by Gasteiger charge is 2.19. The molecule has 0 aliphatic carbocycles. The third kappa shape index (κ3) is 2.27. The second-order valence-electron chi connectivity index (χ2n) is 4.40. The molecule has 5 nitrogen and oxygen atoms in total. The Morgan fingerprint density at radius 2 is 1.90 bits per heavy atom. The highest BCUT2D eigenvalue weighted by Crippen LogP contribution is 2.26. The Morgan fingerprint density at radius 1 is 1.14 bits per heavy atom. The minimum Gasteiger partial charge on any atom is -0.453 e. The van der Waals surface area contributed by atoms with Crippen LogP contribution < -0.4 is 0 Å². The molecule has 2 aromatic carbocycles. The first-order valence-electron chi connectivity index (χ1n) is 6.03. The molecule has 0 saturated carbocycles. The molecule has 0 fully saturated rings. The number of furan rings is 1. The highest BCUT2D eigenvalue weighted by molar-refractivity contribution is 6.09. The molecule has 0 saturated heterocycles. The van der Waals surface area contributed by atoms with Crippen molar-refractivity contribution in [3.63, 3.8) is 0 Å². The van der Waals surface area contributed by atoms with Gasteiger partial charge in [0.15, 0.2) is 5.76 Å². The third-order valence-corrected chi connectivity index (χ3v) is 3.05. The summed E-state index contributed by atoms with van der Waals surface area (Å²) in [6, 6.07) is 10.9. The number of hydrogen-bond acceptors (Lipinski definition) is 4. The molecule has 1 aromatic heterocycles. The average Bonchev–Trinajstić information content (AvgIpc) is 2.89. The summed E-state index contributed by atoms with van der Waals surface area (Å²) in [5, 5.41) is 11.1. The van der Waals surface area contributed by atoms with E-state index in [1.807, 2.05) is 0 Å². The Labute approximate surface area is 117 Å². The summed E-state index contributed by atoms with van der Waals surface area (Å²) in [7, 11) is 0. The standard InChI is InChI=1S/C15H8FNO4/c16-12-4-2-1-3-11(12)15(18)14-8-9-7-10(17(19)20)5-6-13(9)21-14/h1-8H. The van der Waals surface area contributed by atoms with E-state index in [0.717, 1.165) is 0 Å². The van der Waals surface area contributed by atoms with Gasteiger partial charge in [0.05, 0.1) is 10.5 Å². The van der Waals surface area contributed by atoms with E-state index in [1.54, 1.807) is 6.07 Å². The van der Waals surface area contributed by atoms with E-state index in [-0.39, 0.29) is 17.0 Å². The number of non-ortho nitro benzene ring substituents is 1. The van der Waals surface area contributed by atoms with Crippen molar-refractivity contribution in [2.75, 3.05) is 0 Å². The maximum Gasteiger partial charge on any atom is 0.270 e. The molecule has 0 spiro atoms. The van der Waals surface area contributed by atoms with Crippen LogP contribution in [0.25, 0.3) is 11.0 Å². The van der Waals surface area contributed by atoms with Gasteiger partial charge in [0.1, 0.15) is 11.4 Å². The third-order valence-electron chi connectivity index (χ3n) is 3.05. The first-order valence-corrected chi connectivity index (χ1v) is 6.03. The lowest BCUT2D eigenvalue weighted by atomic mass is 10.1. The number of rotatable bonds is 3. The van der Waals surface area contributed by atoms with Crippen LogP contribution in [-0.4, -0.2) is 10.7 Å². The molecule has 0 aliphatic rings. The van der Waals surface area contributed by atoms with Crippen molar-refractivity contribution in [3.8, 4) is 0 Å². The molecule has 6 heteroatoms. The number of halogens is 1. The molecular formula is C15H8FNO4. The average molecular weight is 285 g/mol. The zero-order valence-electron chi connectivity index (χ0n) is 10.6. The van der Waals surface area contributed by atoms with Gasteiger partial charge in [0, 0.05) is 17.5 Å². The normalized spacial score (nSPS) is 10.7. The van der Waals surface area contributed by atoms with Crippen LogP contribution in [0.15, 0.2) is 52.9 Å². The van der Waals surface area contributed by atoms with Gasteiger partial charge in [-0.3, -0.25) is 14.9 Å². The van der Waals surface area contributed by atoms with Crippen LogP contribution in [0.1, 0.15) is 16.1 Å².